The molecule has 1 atom stereocenters. The highest BCUT2D eigenvalue weighted by Crippen LogP contribution is 2.33. The lowest BCUT2D eigenvalue weighted by molar-refractivity contribution is 0.145. The second kappa shape index (κ2) is 5.23. The van der Waals surface area contributed by atoms with Gasteiger partial charge in [0.15, 0.2) is 0 Å². The number of aliphatic hydroxyl groups excluding tert-OH is 1. The minimum absolute atomic E-state index is 0.271. The van der Waals surface area contributed by atoms with E-state index < -0.39 is 23.8 Å². The Morgan fingerprint density at radius 2 is 2.00 bits per heavy atom. The molecule has 16 heavy (non-hydrogen) atoms. The predicted molar refractivity (Wildman–Crippen MR) is 56.7 cm³/mol. The molecule has 0 aliphatic carbocycles. The van der Waals surface area contributed by atoms with E-state index in [4.69, 9.17) is 0 Å². The molecule has 0 aromatic heterocycles. The molecule has 1 aromatic rings. The predicted octanol–water partition coefficient (Wildman–Crippen LogP) is 1.89. The van der Waals surface area contributed by atoms with E-state index in [1.165, 1.54) is 13.0 Å². The van der Waals surface area contributed by atoms with E-state index in [-0.39, 0.29) is 6.54 Å². The van der Waals surface area contributed by atoms with Crippen LogP contribution in [0.4, 0.5) is 8.78 Å². The Labute approximate surface area is 92.7 Å². The van der Waals surface area contributed by atoms with Crippen molar-refractivity contribution >= 4 is 0 Å². The smallest absolute Gasteiger partial charge is 0.267 e. The monoisotopic (exact) mass is 231 g/mol. The molecule has 0 saturated heterocycles. The zero-order valence-electron chi connectivity index (χ0n) is 9.17. The molecular formula is C11H15F2NO2. The summed E-state index contributed by atoms with van der Waals surface area (Å²) >= 11 is 0. The highest BCUT2D eigenvalue weighted by molar-refractivity contribution is 5.44. The van der Waals surface area contributed by atoms with Gasteiger partial charge in [-0.3, -0.25) is 0 Å². The lowest BCUT2D eigenvalue weighted by Gasteiger charge is -2.14. The number of halogens is 2. The average molecular weight is 231 g/mol. The van der Waals surface area contributed by atoms with Gasteiger partial charge in [0.05, 0.1) is 11.7 Å². The van der Waals surface area contributed by atoms with Gasteiger partial charge >= 0.3 is 0 Å². The first-order valence-corrected chi connectivity index (χ1v) is 4.91. The maximum absolute atomic E-state index is 12.6. The first-order valence-electron chi connectivity index (χ1n) is 4.91. The summed E-state index contributed by atoms with van der Waals surface area (Å²) in [5, 5.41) is 21.8. The highest BCUT2D eigenvalue weighted by Gasteiger charge is 2.18. The van der Waals surface area contributed by atoms with E-state index >= 15 is 0 Å². The molecule has 0 radical (unpaired) electrons. The zero-order valence-corrected chi connectivity index (χ0v) is 9.17. The summed E-state index contributed by atoms with van der Waals surface area (Å²) in [6.07, 6.45) is -3.61. The van der Waals surface area contributed by atoms with Gasteiger partial charge in [-0.1, -0.05) is 0 Å². The lowest BCUT2D eigenvalue weighted by atomic mass is 10.0. The Morgan fingerprint density at radius 3 is 2.50 bits per heavy atom. The molecule has 1 rings (SSSR count). The van der Waals surface area contributed by atoms with Crippen molar-refractivity contribution in [3.8, 4) is 5.75 Å². The number of rotatable bonds is 4. The van der Waals surface area contributed by atoms with Gasteiger partial charge in [-0.2, -0.15) is 0 Å². The van der Waals surface area contributed by atoms with E-state index in [0.717, 1.165) is 6.07 Å². The van der Waals surface area contributed by atoms with E-state index in [0.29, 0.717) is 11.1 Å². The van der Waals surface area contributed by atoms with Crippen LogP contribution in [0.1, 0.15) is 29.2 Å². The van der Waals surface area contributed by atoms with Crippen LogP contribution >= 0.6 is 0 Å². The molecule has 90 valence electrons. The Morgan fingerprint density at radius 1 is 1.38 bits per heavy atom. The Hall–Kier alpha value is -1.20. The van der Waals surface area contributed by atoms with Gasteiger partial charge in [0.1, 0.15) is 5.75 Å². The van der Waals surface area contributed by atoms with Crippen molar-refractivity contribution in [3.05, 3.63) is 28.8 Å². The molecule has 0 fully saturated rings. The SMILES string of the molecule is CNCC(O)c1cc(C)c(O)c(C(F)F)c1. The molecule has 0 heterocycles. The third kappa shape index (κ3) is 2.68. The highest BCUT2D eigenvalue weighted by atomic mass is 19.3. The molecule has 3 nitrogen and oxygen atoms in total. The van der Waals surface area contributed by atoms with Gasteiger partial charge in [-0.25, -0.2) is 8.78 Å². The number of aryl methyl sites for hydroxylation is 1. The number of benzene rings is 1. The minimum Gasteiger partial charge on any atom is -0.507 e. The molecule has 0 bridgehead atoms. The average Bonchev–Trinajstić information content (AvgIpc) is 2.21. The van der Waals surface area contributed by atoms with Gasteiger partial charge in [0.25, 0.3) is 6.43 Å². The molecule has 0 aliphatic heterocycles. The lowest BCUT2D eigenvalue weighted by Crippen LogP contribution is -2.17. The first kappa shape index (κ1) is 12.9. The molecule has 0 saturated carbocycles. The van der Waals surface area contributed by atoms with Crippen molar-refractivity contribution in [3.63, 3.8) is 0 Å². The number of nitrogens with one attached hydrogen (secondary N) is 1. The number of hydrogen-bond acceptors (Lipinski definition) is 3. The summed E-state index contributed by atoms with van der Waals surface area (Å²) in [5.41, 5.74) is 0.271. The van der Waals surface area contributed by atoms with Gasteiger partial charge < -0.3 is 15.5 Å². The molecule has 0 spiro atoms. The quantitative estimate of drug-likeness (QED) is 0.741. The Balaban J connectivity index is 3.13. The van der Waals surface area contributed by atoms with Gasteiger partial charge in [-0.05, 0) is 37.2 Å². The molecule has 3 N–H and O–H groups in total. The molecule has 1 unspecified atom stereocenters. The third-order valence-electron chi connectivity index (χ3n) is 2.37. The largest absolute Gasteiger partial charge is 0.507 e. The van der Waals surface area contributed by atoms with Crippen LogP contribution in [-0.2, 0) is 0 Å². The fraction of sp³-hybridized carbons (Fsp3) is 0.455. The molecule has 5 heteroatoms. The number of alkyl halides is 2. The summed E-state index contributed by atoms with van der Waals surface area (Å²) in [6, 6.07) is 2.64. The van der Waals surface area contributed by atoms with Crippen molar-refractivity contribution < 1.29 is 19.0 Å². The molecule has 0 amide bonds. The maximum Gasteiger partial charge on any atom is 0.267 e. The second-order valence-electron chi connectivity index (χ2n) is 3.65. The topological polar surface area (TPSA) is 52.5 Å². The van der Waals surface area contributed by atoms with Crippen LogP contribution in [0.5, 0.6) is 5.75 Å². The van der Waals surface area contributed by atoms with Gasteiger partial charge in [-0.15, -0.1) is 0 Å². The summed E-state index contributed by atoms with van der Waals surface area (Å²) in [4.78, 5) is 0. The summed E-state index contributed by atoms with van der Waals surface area (Å²) in [5.74, 6) is -0.407. The summed E-state index contributed by atoms with van der Waals surface area (Å²) in [7, 11) is 1.66. The summed E-state index contributed by atoms with van der Waals surface area (Å²) in [6.45, 7) is 1.80. The molecule has 0 aliphatic rings. The van der Waals surface area contributed by atoms with Gasteiger partial charge in [0, 0.05) is 6.54 Å². The van der Waals surface area contributed by atoms with Crippen LogP contribution in [0, 0.1) is 6.92 Å². The van der Waals surface area contributed by atoms with Crippen LogP contribution in [-0.4, -0.2) is 23.8 Å². The molecular weight excluding hydrogens is 216 g/mol. The maximum atomic E-state index is 12.6. The Kier molecular flexibility index (Phi) is 4.20. The number of likely N-dealkylation sites (N-methyl/N-ethyl adjacent to an activating group) is 1. The standard InChI is InChI=1S/C11H15F2NO2/c1-6-3-7(9(15)5-14-2)4-8(10(6)16)11(12)13/h3-4,9,11,14-16H,5H2,1-2H3. The summed E-state index contributed by atoms with van der Waals surface area (Å²) < 4.78 is 25.2. The van der Waals surface area contributed by atoms with E-state index in [2.05, 4.69) is 5.32 Å². The number of hydrogen-bond donors (Lipinski definition) is 3. The fourth-order valence-electron chi connectivity index (χ4n) is 1.51. The van der Waals surface area contributed by atoms with Crippen LogP contribution in [0.15, 0.2) is 12.1 Å². The van der Waals surface area contributed by atoms with E-state index in [1.54, 1.807) is 7.05 Å². The van der Waals surface area contributed by atoms with E-state index in [1.807, 2.05) is 0 Å². The number of aliphatic hydroxyl groups is 1. The van der Waals surface area contributed by atoms with Gasteiger partial charge in [0.2, 0.25) is 0 Å². The second-order valence-corrected chi connectivity index (χ2v) is 3.65. The van der Waals surface area contributed by atoms with Crippen LogP contribution < -0.4 is 5.32 Å². The van der Waals surface area contributed by atoms with Crippen LogP contribution in [0.2, 0.25) is 0 Å². The van der Waals surface area contributed by atoms with E-state index in [9.17, 15) is 19.0 Å². The normalized spacial score (nSPS) is 13.1. The third-order valence-corrected chi connectivity index (χ3v) is 2.37. The zero-order chi connectivity index (χ0) is 12.3. The number of phenolic OH excluding ortho intramolecular Hbond substituents is 1. The van der Waals surface area contributed by atoms with Crippen LogP contribution in [0.25, 0.3) is 0 Å². The van der Waals surface area contributed by atoms with Crippen molar-refractivity contribution in [1.82, 2.24) is 5.32 Å². The minimum atomic E-state index is -2.75. The van der Waals surface area contributed by atoms with Crippen LogP contribution in [0.3, 0.4) is 0 Å². The molecule has 1 aromatic carbocycles. The Bertz CT molecular complexity index is 369. The van der Waals surface area contributed by atoms with Crippen molar-refractivity contribution in [1.29, 1.82) is 0 Å². The van der Waals surface area contributed by atoms with Crippen molar-refractivity contribution in [2.24, 2.45) is 0 Å². The fourth-order valence-corrected chi connectivity index (χ4v) is 1.51. The number of aromatic hydroxyl groups is 1. The van der Waals surface area contributed by atoms with Crippen molar-refractivity contribution in [2.45, 2.75) is 19.5 Å². The number of phenols is 1. The first-order chi connectivity index (χ1) is 7.47. The van der Waals surface area contributed by atoms with Crippen molar-refractivity contribution in [2.75, 3.05) is 13.6 Å².